The largest absolute Gasteiger partial charge is 0.444 e. The van der Waals surface area contributed by atoms with Gasteiger partial charge in [-0.1, -0.05) is 36.4 Å². The highest BCUT2D eigenvalue weighted by Gasteiger charge is 2.54. The third-order valence-electron chi connectivity index (χ3n) is 9.66. The van der Waals surface area contributed by atoms with E-state index in [4.69, 9.17) is 4.74 Å². The number of nitrogens with zero attached hydrogens (tertiary/aromatic N) is 3. The van der Waals surface area contributed by atoms with Crippen LogP contribution in [-0.2, 0) is 23.7 Å². The molecular formula is C35H36F7N3O4. The minimum Gasteiger partial charge on any atom is -0.444 e. The van der Waals surface area contributed by atoms with Crippen molar-refractivity contribution in [1.82, 2.24) is 14.7 Å². The van der Waals surface area contributed by atoms with Gasteiger partial charge in [-0.3, -0.25) is 4.90 Å². The monoisotopic (exact) mass is 695 g/mol. The van der Waals surface area contributed by atoms with Crippen molar-refractivity contribution < 1.29 is 50.2 Å². The van der Waals surface area contributed by atoms with E-state index in [0.717, 1.165) is 10.5 Å². The number of carbonyl (C=O) groups excluding carboxylic acids is 2. The molecule has 3 aromatic rings. The molecule has 2 aliphatic heterocycles. The van der Waals surface area contributed by atoms with E-state index in [1.807, 2.05) is 6.07 Å². The van der Waals surface area contributed by atoms with Crippen LogP contribution in [0.2, 0.25) is 0 Å². The fourth-order valence-corrected chi connectivity index (χ4v) is 6.90. The normalized spacial score (nSPS) is 21.9. The van der Waals surface area contributed by atoms with E-state index in [9.17, 15) is 45.4 Å². The minimum absolute atomic E-state index is 0.00293. The summed E-state index contributed by atoms with van der Waals surface area (Å²) < 4.78 is 101. The molecule has 14 heteroatoms. The van der Waals surface area contributed by atoms with Gasteiger partial charge in [0.2, 0.25) is 0 Å². The maximum atomic E-state index is 14.2. The number of likely N-dealkylation sites (tertiary alicyclic amines) is 2. The molecule has 0 aliphatic carbocycles. The lowest BCUT2D eigenvalue weighted by molar-refractivity contribution is -0.143. The Hall–Kier alpha value is -4.33. The molecule has 2 heterocycles. The van der Waals surface area contributed by atoms with Crippen molar-refractivity contribution in [3.63, 3.8) is 0 Å². The lowest BCUT2D eigenvalue weighted by Gasteiger charge is -2.50. The third kappa shape index (κ3) is 7.48. The molecule has 7 nitrogen and oxygen atoms in total. The molecule has 49 heavy (non-hydrogen) atoms. The molecule has 2 aliphatic rings. The van der Waals surface area contributed by atoms with E-state index in [1.54, 1.807) is 31.2 Å². The quantitative estimate of drug-likeness (QED) is 0.272. The van der Waals surface area contributed by atoms with Crippen molar-refractivity contribution >= 4 is 12.1 Å². The summed E-state index contributed by atoms with van der Waals surface area (Å²) in [7, 11) is 1.28. The molecule has 1 unspecified atom stereocenters. The van der Waals surface area contributed by atoms with Gasteiger partial charge in [0.1, 0.15) is 18.7 Å². The van der Waals surface area contributed by atoms with Crippen LogP contribution >= 0.6 is 0 Å². The molecule has 5 rings (SSSR count). The summed E-state index contributed by atoms with van der Waals surface area (Å²) in [5, 5.41) is 11.0. The molecule has 0 saturated carbocycles. The van der Waals surface area contributed by atoms with Crippen LogP contribution in [0.4, 0.5) is 40.3 Å². The van der Waals surface area contributed by atoms with Crippen LogP contribution < -0.4 is 0 Å². The molecule has 3 aromatic carbocycles. The zero-order chi connectivity index (χ0) is 35.9. The van der Waals surface area contributed by atoms with Crippen LogP contribution in [0.25, 0.3) is 0 Å². The zero-order valence-corrected chi connectivity index (χ0v) is 27.0. The van der Waals surface area contributed by atoms with Gasteiger partial charge in [-0.05, 0) is 92.1 Å². The number of alkyl halides is 6. The number of ether oxygens (including phenoxy) is 1. The Bertz CT molecular complexity index is 1650. The number of aryl methyl sites for hydroxylation is 1. The molecule has 0 aromatic heterocycles. The van der Waals surface area contributed by atoms with Crippen LogP contribution in [0.1, 0.15) is 78.1 Å². The van der Waals surface area contributed by atoms with E-state index in [1.165, 1.54) is 42.0 Å². The summed E-state index contributed by atoms with van der Waals surface area (Å²) in [6.07, 6.45) is -11.2. The molecule has 0 radical (unpaired) electrons. The average molecular weight is 696 g/mol. The van der Waals surface area contributed by atoms with E-state index in [2.05, 4.69) is 0 Å². The number of aliphatic hydroxyl groups is 1. The van der Waals surface area contributed by atoms with Gasteiger partial charge >= 0.3 is 24.5 Å². The van der Waals surface area contributed by atoms with E-state index >= 15 is 0 Å². The van der Waals surface area contributed by atoms with Gasteiger partial charge in [0.25, 0.3) is 0 Å². The number of aliphatic hydroxyl groups excluding tert-OH is 1. The van der Waals surface area contributed by atoms with Crippen LogP contribution in [0.3, 0.4) is 0 Å². The molecule has 2 fully saturated rings. The Balaban J connectivity index is 1.46. The predicted molar refractivity (Wildman–Crippen MR) is 164 cm³/mol. The summed E-state index contributed by atoms with van der Waals surface area (Å²) >= 11 is 0. The molecule has 2 saturated heterocycles. The van der Waals surface area contributed by atoms with Crippen LogP contribution in [0, 0.1) is 12.7 Å². The first-order chi connectivity index (χ1) is 22.9. The fourth-order valence-electron chi connectivity index (χ4n) is 6.90. The first kappa shape index (κ1) is 36.0. The molecule has 1 spiro atoms. The highest BCUT2D eigenvalue weighted by atomic mass is 19.4. The van der Waals surface area contributed by atoms with Crippen molar-refractivity contribution in [3.8, 4) is 0 Å². The summed E-state index contributed by atoms with van der Waals surface area (Å²) in [4.78, 5) is 31.4. The number of urea groups is 1. The number of halogens is 7. The van der Waals surface area contributed by atoms with Crippen molar-refractivity contribution in [2.24, 2.45) is 0 Å². The summed E-state index contributed by atoms with van der Waals surface area (Å²) in [5.74, 6) is -0.525. The molecule has 1 N–H and O–H groups in total. The highest BCUT2D eigenvalue weighted by Crippen LogP contribution is 2.49. The number of piperidine rings is 1. The zero-order valence-electron chi connectivity index (χ0n) is 27.0. The first-order valence-electron chi connectivity index (χ1n) is 15.7. The molecule has 4 atom stereocenters. The van der Waals surface area contributed by atoms with E-state index in [0.29, 0.717) is 29.7 Å². The lowest BCUT2D eigenvalue weighted by Crippen LogP contribution is -2.59. The number of carbonyl (C=O) groups is 2. The first-order valence-corrected chi connectivity index (χ1v) is 15.7. The van der Waals surface area contributed by atoms with E-state index in [-0.39, 0.29) is 44.0 Å². The highest BCUT2D eigenvalue weighted by molar-refractivity contribution is 5.76. The molecular weight excluding hydrogens is 659 g/mol. The topological polar surface area (TPSA) is 73.3 Å². The Morgan fingerprint density at radius 3 is 2.20 bits per heavy atom. The van der Waals surface area contributed by atoms with Gasteiger partial charge in [-0.15, -0.1) is 0 Å². The van der Waals surface area contributed by atoms with Gasteiger partial charge in [0.15, 0.2) is 0 Å². The summed E-state index contributed by atoms with van der Waals surface area (Å²) in [6.45, 7) is 2.93. The van der Waals surface area contributed by atoms with Gasteiger partial charge in [0.05, 0.1) is 28.7 Å². The minimum atomic E-state index is -5.06. The van der Waals surface area contributed by atoms with Gasteiger partial charge in [-0.2, -0.15) is 26.3 Å². The Morgan fingerprint density at radius 2 is 1.61 bits per heavy atom. The second-order valence-corrected chi connectivity index (χ2v) is 12.7. The van der Waals surface area contributed by atoms with Crippen molar-refractivity contribution in [3.05, 3.63) is 106 Å². The van der Waals surface area contributed by atoms with Gasteiger partial charge < -0.3 is 19.6 Å². The lowest BCUT2D eigenvalue weighted by atomic mass is 9.78. The van der Waals surface area contributed by atoms with Gasteiger partial charge in [0, 0.05) is 13.6 Å². The van der Waals surface area contributed by atoms with E-state index < -0.39 is 65.3 Å². The van der Waals surface area contributed by atoms with Crippen molar-refractivity contribution in [2.45, 2.75) is 82.3 Å². The number of benzene rings is 3. The fraction of sp³-hybridized carbons (Fsp3) is 0.429. The smallest absolute Gasteiger partial charge is 0.416 e. The molecule has 3 amide bonds. The Morgan fingerprint density at radius 1 is 0.980 bits per heavy atom. The number of amides is 3. The maximum absolute atomic E-state index is 14.2. The standard InChI is InChI=1S/C35H36F7N3O4/c1-21-15-27(36)9-10-28(21)29-19-33(12-11-30(46)45(33)32(48)49-20-23-7-5-4-6-8-23)13-14-44(29)31(47)43(3)22(2)24-16-25(34(37,38)39)18-26(17-24)35(40,41)42/h4-10,15-18,22,29-30,46H,11-14,19-20H2,1-3H3/t22-,29-,30?,33+/m1/s1. The third-order valence-corrected chi connectivity index (χ3v) is 9.66. The predicted octanol–water partition coefficient (Wildman–Crippen LogP) is 8.61. The SMILES string of the molecule is Cc1cc(F)ccc1[C@H]1C[C@]2(CCC(O)N2C(=O)OCc2ccccc2)CCN1C(=O)N(C)[C@H](C)c1cc(C(F)(F)F)cc(C(F)(F)F)c1. The van der Waals surface area contributed by atoms with Crippen LogP contribution in [0.15, 0.2) is 66.7 Å². The second kappa shape index (κ2) is 13.5. The second-order valence-electron chi connectivity index (χ2n) is 12.7. The molecule has 264 valence electrons. The average Bonchev–Trinajstić information content (AvgIpc) is 3.36. The Kier molecular flexibility index (Phi) is 9.93. The summed E-state index contributed by atoms with van der Waals surface area (Å²) in [5.41, 5.74) is -2.58. The Labute approximate surface area is 278 Å². The molecule has 0 bridgehead atoms. The van der Waals surface area contributed by atoms with Crippen LogP contribution in [0.5, 0.6) is 0 Å². The maximum Gasteiger partial charge on any atom is 0.416 e. The number of hydrogen-bond donors (Lipinski definition) is 1. The van der Waals surface area contributed by atoms with Crippen molar-refractivity contribution in [1.29, 1.82) is 0 Å². The van der Waals surface area contributed by atoms with Crippen molar-refractivity contribution in [2.75, 3.05) is 13.6 Å². The number of rotatable bonds is 5. The van der Waals surface area contributed by atoms with Gasteiger partial charge in [-0.25, -0.2) is 14.0 Å². The van der Waals surface area contributed by atoms with Crippen LogP contribution in [-0.4, -0.2) is 57.3 Å². The number of hydrogen-bond acceptors (Lipinski definition) is 4. The summed E-state index contributed by atoms with van der Waals surface area (Å²) in [6, 6.07) is 11.4.